The van der Waals surface area contributed by atoms with Crippen molar-refractivity contribution in [2.24, 2.45) is 0 Å². The van der Waals surface area contributed by atoms with Crippen molar-refractivity contribution in [2.75, 3.05) is 12.4 Å². The molecular formula is C16H20N2O4S. The van der Waals surface area contributed by atoms with Gasteiger partial charge >= 0.3 is 12.1 Å². The topological polar surface area (TPSA) is 77.5 Å². The molecule has 124 valence electrons. The van der Waals surface area contributed by atoms with E-state index in [2.05, 4.69) is 10.3 Å². The van der Waals surface area contributed by atoms with Crippen molar-refractivity contribution in [3.63, 3.8) is 0 Å². The zero-order chi connectivity index (χ0) is 17.2. The Balaban J connectivity index is 2.45. The standard InChI is InChI=1S/C16H20N2O4S/c1-6-9-7-10-12(17-8-9)11(14(19)21-5)13(23-10)18-15(20)22-16(2,3)4/h7-8H,6H2,1-5H3,(H,18,20). The number of hydrogen-bond acceptors (Lipinski definition) is 6. The van der Waals surface area contributed by atoms with Gasteiger partial charge in [0.15, 0.2) is 0 Å². The molecule has 1 amide bonds. The Morgan fingerprint density at radius 2 is 2.04 bits per heavy atom. The van der Waals surface area contributed by atoms with E-state index in [4.69, 9.17) is 9.47 Å². The van der Waals surface area contributed by atoms with Crippen LogP contribution in [-0.4, -0.2) is 29.8 Å². The number of thiophene rings is 1. The number of ether oxygens (including phenoxy) is 2. The number of nitrogens with one attached hydrogen (secondary N) is 1. The van der Waals surface area contributed by atoms with Crippen LogP contribution in [0.1, 0.15) is 43.6 Å². The number of carbonyl (C=O) groups excluding carboxylic acids is 2. The van der Waals surface area contributed by atoms with Crippen LogP contribution in [0.4, 0.5) is 9.80 Å². The molecule has 0 saturated carbocycles. The number of methoxy groups -OCH3 is 1. The third-order valence-corrected chi connectivity index (χ3v) is 4.04. The maximum atomic E-state index is 12.1. The van der Waals surface area contributed by atoms with Gasteiger partial charge < -0.3 is 9.47 Å². The summed E-state index contributed by atoms with van der Waals surface area (Å²) in [5, 5.41) is 3.00. The van der Waals surface area contributed by atoms with Gasteiger partial charge in [-0.2, -0.15) is 0 Å². The summed E-state index contributed by atoms with van der Waals surface area (Å²) in [4.78, 5) is 28.4. The zero-order valence-corrected chi connectivity index (χ0v) is 14.7. The van der Waals surface area contributed by atoms with Crippen LogP contribution in [0.25, 0.3) is 10.2 Å². The molecule has 0 radical (unpaired) electrons. The van der Waals surface area contributed by atoms with Crippen LogP contribution in [0.5, 0.6) is 0 Å². The summed E-state index contributed by atoms with van der Waals surface area (Å²) in [5.41, 5.74) is 1.20. The Bertz CT molecular complexity index is 746. The van der Waals surface area contributed by atoms with E-state index in [1.54, 1.807) is 27.0 Å². The first-order chi connectivity index (χ1) is 10.7. The molecule has 1 N–H and O–H groups in total. The van der Waals surface area contributed by atoms with E-state index in [1.807, 2.05) is 13.0 Å². The first kappa shape index (κ1) is 17.2. The highest BCUT2D eigenvalue weighted by atomic mass is 32.1. The Morgan fingerprint density at radius 1 is 1.35 bits per heavy atom. The van der Waals surface area contributed by atoms with E-state index in [-0.39, 0.29) is 5.56 Å². The zero-order valence-electron chi connectivity index (χ0n) is 13.9. The molecule has 0 spiro atoms. The quantitative estimate of drug-likeness (QED) is 0.857. The van der Waals surface area contributed by atoms with Crippen LogP contribution in [0.2, 0.25) is 0 Å². The van der Waals surface area contributed by atoms with Crippen molar-refractivity contribution < 1.29 is 19.1 Å². The molecule has 0 aliphatic rings. The number of nitrogens with zero attached hydrogens (tertiary/aromatic N) is 1. The molecule has 7 heteroatoms. The van der Waals surface area contributed by atoms with Crippen LogP contribution >= 0.6 is 11.3 Å². The molecule has 2 aromatic rings. The first-order valence-corrected chi connectivity index (χ1v) is 8.06. The average molecular weight is 336 g/mol. The number of pyridine rings is 1. The van der Waals surface area contributed by atoms with Gasteiger partial charge in [0.25, 0.3) is 0 Å². The second-order valence-electron chi connectivity index (χ2n) is 5.97. The molecule has 6 nitrogen and oxygen atoms in total. The summed E-state index contributed by atoms with van der Waals surface area (Å²) in [5.74, 6) is -0.543. The third-order valence-electron chi connectivity index (χ3n) is 3.00. The van der Waals surface area contributed by atoms with E-state index in [0.29, 0.717) is 10.5 Å². The number of aromatic nitrogens is 1. The van der Waals surface area contributed by atoms with Crippen molar-refractivity contribution in [1.29, 1.82) is 0 Å². The molecule has 2 aromatic heterocycles. The first-order valence-electron chi connectivity index (χ1n) is 7.25. The average Bonchev–Trinajstić information content (AvgIpc) is 2.80. The molecule has 0 aliphatic carbocycles. The number of hydrogen-bond donors (Lipinski definition) is 1. The van der Waals surface area contributed by atoms with E-state index in [9.17, 15) is 9.59 Å². The Kier molecular flexibility index (Phi) is 4.89. The normalized spacial score (nSPS) is 11.3. The van der Waals surface area contributed by atoms with Crippen molar-refractivity contribution >= 4 is 38.6 Å². The summed E-state index contributed by atoms with van der Waals surface area (Å²) < 4.78 is 10.9. The smallest absolute Gasteiger partial charge is 0.412 e. The third kappa shape index (κ3) is 3.98. The minimum Gasteiger partial charge on any atom is -0.465 e. The van der Waals surface area contributed by atoms with Gasteiger partial charge in [-0.25, -0.2) is 9.59 Å². The second-order valence-corrected chi connectivity index (χ2v) is 7.02. The second kappa shape index (κ2) is 6.54. The highest BCUT2D eigenvalue weighted by Gasteiger charge is 2.24. The maximum absolute atomic E-state index is 12.1. The van der Waals surface area contributed by atoms with Crippen LogP contribution in [0.15, 0.2) is 12.3 Å². The van der Waals surface area contributed by atoms with Gasteiger partial charge in [-0.05, 0) is 38.8 Å². The summed E-state index contributed by atoms with van der Waals surface area (Å²) in [6.45, 7) is 7.34. The van der Waals surface area contributed by atoms with Gasteiger partial charge in [0.2, 0.25) is 0 Å². The molecule has 2 rings (SSSR count). The number of aryl methyl sites for hydroxylation is 1. The largest absolute Gasteiger partial charge is 0.465 e. The number of anilines is 1. The van der Waals surface area contributed by atoms with Crippen LogP contribution in [-0.2, 0) is 15.9 Å². The van der Waals surface area contributed by atoms with Gasteiger partial charge in [-0.15, -0.1) is 11.3 Å². The highest BCUT2D eigenvalue weighted by molar-refractivity contribution is 7.23. The van der Waals surface area contributed by atoms with E-state index >= 15 is 0 Å². The lowest BCUT2D eigenvalue weighted by molar-refractivity contribution is 0.0604. The maximum Gasteiger partial charge on any atom is 0.412 e. The lowest BCUT2D eigenvalue weighted by Crippen LogP contribution is -2.27. The van der Waals surface area contributed by atoms with Crippen molar-refractivity contribution in [3.8, 4) is 0 Å². The lowest BCUT2D eigenvalue weighted by Gasteiger charge is -2.19. The number of amides is 1. The molecule has 0 bridgehead atoms. The van der Waals surface area contributed by atoms with Crippen LogP contribution in [0.3, 0.4) is 0 Å². The number of esters is 1. The summed E-state index contributed by atoms with van der Waals surface area (Å²) in [6.07, 6.45) is 1.94. The Labute approximate surface area is 138 Å². The lowest BCUT2D eigenvalue weighted by atomic mass is 10.2. The fraction of sp³-hybridized carbons (Fsp3) is 0.438. The van der Waals surface area contributed by atoms with Gasteiger partial charge in [0.1, 0.15) is 16.2 Å². The molecule has 0 fully saturated rings. The predicted octanol–water partition coefficient (Wildman–Crippen LogP) is 3.99. The summed E-state index contributed by atoms with van der Waals surface area (Å²) >= 11 is 1.28. The number of carbonyl (C=O) groups is 2. The molecule has 0 aliphatic heterocycles. The van der Waals surface area contributed by atoms with E-state index in [0.717, 1.165) is 16.7 Å². The predicted molar refractivity (Wildman–Crippen MR) is 90.2 cm³/mol. The van der Waals surface area contributed by atoms with Gasteiger partial charge in [0.05, 0.1) is 17.3 Å². The Hall–Kier alpha value is -2.15. The van der Waals surface area contributed by atoms with Gasteiger partial charge in [-0.1, -0.05) is 6.92 Å². The van der Waals surface area contributed by atoms with Crippen molar-refractivity contribution in [1.82, 2.24) is 4.98 Å². The molecular weight excluding hydrogens is 316 g/mol. The monoisotopic (exact) mass is 336 g/mol. The van der Waals surface area contributed by atoms with Crippen LogP contribution < -0.4 is 5.32 Å². The fourth-order valence-electron chi connectivity index (χ4n) is 1.99. The van der Waals surface area contributed by atoms with E-state index in [1.165, 1.54) is 18.4 Å². The van der Waals surface area contributed by atoms with Crippen molar-refractivity contribution in [2.45, 2.75) is 39.7 Å². The molecule has 0 atom stereocenters. The molecule has 0 aromatic carbocycles. The summed E-state index contributed by atoms with van der Waals surface area (Å²) in [6, 6.07) is 1.96. The van der Waals surface area contributed by atoms with Crippen LogP contribution in [0, 0.1) is 0 Å². The molecule has 23 heavy (non-hydrogen) atoms. The minimum atomic E-state index is -0.625. The Morgan fingerprint density at radius 3 is 2.61 bits per heavy atom. The van der Waals surface area contributed by atoms with E-state index < -0.39 is 17.7 Å². The molecule has 2 heterocycles. The number of fused-ring (bicyclic) bond motifs is 1. The van der Waals surface area contributed by atoms with Gasteiger partial charge in [-0.3, -0.25) is 10.3 Å². The fourth-order valence-corrected chi connectivity index (χ4v) is 3.09. The van der Waals surface area contributed by atoms with Gasteiger partial charge in [0, 0.05) is 6.20 Å². The number of rotatable bonds is 3. The molecule has 0 saturated heterocycles. The highest BCUT2D eigenvalue weighted by Crippen LogP contribution is 2.35. The summed E-state index contributed by atoms with van der Waals surface area (Å²) in [7, 11) is 1.30. The SMILES string of the molecule is CCc1cnc2c(C(=O)OC)c(NC(=O)OC(C)(C)C)sc2c1. The molecule has 0 unspecified atom stereocenters. The van der Waals surface area contributed by atoms with Crippen molar-refractivity contribution in [3.05, 3.63) is 23.4 Å². The minimum absolute atomic E-state index is 0.251.